The lowest BCUT2D eigenvalue weighted by Crippen LogP contribution is -2.39. The number of hydrogen-bond donors (Lipinski definition) is 0. The van der Waals surface area contributed by atoms with Gasteiger partial charge in [0.05, 0.1) is 17.0 Å². The van der Waals surface area contributed by atoms with E-state index >= 15 is 0 Å². The number of benzene rings is 2. The summed E-state index contributed by atoms with van der Waals surface area (Å²) in [6, 6.07) is 16.8. The van der Waals surface area contributed by atoms with Crippen molar-refractivity contribution >= 4 is 17.8 Å². The van der Waals surface area contributed by atoms with Crippen LogP contribution in [0.4, 0.5) is 0 Å². The monoisotopic (exact) mass is 404 g/mol. The van der Waals surface area contributed by atoms with Gasteiger partial charge in [-0.3, -0.25) is 14.5 Å². The molecule has 6 nitrogen and oxygen atoms in total. The maximum absolute atomic E-state index is 13.1. The van der Waals surface area contributed by atoms with Gasteiger partial charge in [0.1, 0.15) is 0 Å². The Kier molecular flexibility index (Phi) is 4.87. The van der Waals surface area contributed by atoms with Crippen molar-refractivity contribution in [2.24, 2.45) is 17.8 Å². The molecule has 30 heavy (non-hydrogen) atoms. The van der Waals surface area contributed by atoms with Crippen molar-refractivity contribution in [3.8, 4) is 0 Å². The molecule has 0 aromatic heterocycles. The van der Waals surface area contributed by atoms with Gasteiger partial charge in [0.15, 0.2) is 0 Å². The van der Waals surface area contributed by atoms with E-state index in [1.165, 1.54) is 12.0 Å². The van der Waals surface area contributed by atoms with E-state index in [1.807, 2.05) is 18.2 Å². The SMILES string of the molecule is O=C(ON1C(=O)c2ccccc2C1=O)[C@@H]1CN(Cc2ccccc2)C[C@H]1C1CCC1. The average molecular weight is 404 g/mol. The molecule has 0 spiro atoms. The van der Waals surface area contributed by atoms with E-state index < -0.39 is 17.8 Å². The minimum atomic E-state index is -0.566. The van der Waals surface area contributed by atoms with Crippen LogP contribution < -0.4 is 0 Å². The Bertz CT molecular complexity index is 951. The summed E-state index contributed by atoms with van der Waals surface area (Å²) in [6.45, 7) is 2.19. The van der Waals surface area contributed by atoms with Crippen LogP contribution in [-0.2, 0) is 16.2 Å². The molecule has 1 saturated heterocycles. The van der Waals surface area contributed by atoms with Crippen molar-refractivity contribution in [3.63, 3.8) is 0 Å². The smallest absolute Gasteiger partial charge is 0.329 e. The molecular formula is C24H24N2O4. The largest absolute Gasteiger partial charge is 0.337 e. The molecule has 154 valence electrons. The number of fused-ring (bicyclic) bond motifs is 1. The van der Waals surface area contributed by atoms with Gasteiger partial charge in [-0.2, -0.15) is 0 Å². The number of hydroxylamine groups is 2. The van der Waals surface area contributed by atoms with Gasteiger partial charge in [-0.15, -0.1) is 0 Å². The fourth-order valence-corrected chi connectivity index (χ4v) is 4.89. The van der Waals surface area contributed by atoms with E-state index in [2.05, 4.69) is 17.0 Å². The normalized spacial score (nSPS) is 24.1. The van der Waals surface area contributed by atoms with Crippen molar-refractivity contribution in [1.82, 2.24) is 9.96 Å². The van der Waals surface area contributed by atoms with Crippen molar-refractivity contribution < 1.29 is 19.2 Å². The molecule has 0 N–H and O–H groups in total. The van der Waals surface area contributed by atoms with Crippen LogP contribution in [0.3, 0.4) is 0 Å². The number of hydrogen-bond acceptors (Lipinski definition) is 5. The summed E-state index contributed by atoms with van der Waals surface area (Å²) in [5, 5.41) is 0.644. The predicted octanol–water partition coefficient (Wildman–Crippen LogP) is 3.29. The summed E-state index contributed by atoms with van der Waals surface area (Å²) in [6.07, 6.45) is 3.45. The molecule has 2 amide bonds. The van der Waals surface area contributed by atoms with Crippen molar-refractivity contribution in [1.29, 1.82) is 0 Å². The first-order valence-electron chi connectivity index (χ1n) is 10.6. The maximum atomic E-state index is 13.1. The summed E-state index contributed by atoms with van der Waals surface area (Å²) in [4.78, 5) is 45.9. The van der Waals surface area contributed by atoms with E-state index in [9.17, 15) is 14.4 Å². The van der Waals surface area contributed by atoms with Crippen LogP contribution in [0.25, 0.3) is 0 Å². The molecule has 0 radical (unpaired) electrons. The van der Waals surface area contributed by atoms with E-state index in [0.29, 0.717) is 17.5 Å². The number of imide groups is 1. The molecule has 2 aromatic carbocycles. The second-order valence-electron chi connectivity index (χ2n) is 8.50. The van der Waals surface area contributed by atoms with Gasteiger partial charge >= 0.3 is 5.97 Å². The highest BCUT2D eigenvalue weighted by Gasteiger charge is 2.47. The first-order valence-corrected chi connectivity index (χ1v) is 10.6. The summed E-state index contributed by atoms with van der Waals surface area (Å²) in [5.74, 6) is -1.23. The maximum Gasteiger partial charge on any atom is 0.337 e. The Hall–Kier alpha value is -2.99. The van der Waals surface area contributed by atoms with Crippen LogP contribution in [0.1, 0.15) is 45.5 Å². The van der Waals surface area contributed by atoms with Crippen LogP contribution in [0.15, 0.2) is 54.6 Å². The quantitative estimate of drug-likeness (QED) is 0.716. The third kappa shape index (κ3) is 3.31. The minimum Gasteiger partial charge on any atom is -0.329 e. The van der Waals surface area contributed by atoms with Crippen LogP contribution in [0.2, 0.25) is 0 Å². The van der Waals surface area contributed by atoms with Gasteiger partial charge in [0, 0.05) is 19.6 Å². The number of carbonyl (C=O) groups is 3. The molecule has 5 rings (SSSR count). The molecule has 2 aromatic rings. The Morgan fingerprint density at radius 3 is 2.13 bits per heavy atom. The molecule has 6 heteroatoms. The fraction of sp³-hybridized carbons (Fsp3) is 0.375. The summed E-state index contributed by atoms with van der Waals surface area (Å²) < 4.78 is 0. The third-order valence-electron chi connectivity index (χ3n) is 6.69. The molecule has 3 aliphatic rings. The minimum absolute atomic E-state index is 0.199. The Labute approximate surface area is 175 Å². The van der Waals surface area contributed by atoms with E-state index in [-0.39, 0.29) is 23.0 Å². The number of likely N-dealkylation sites (tertiary alicyclic amines) is 1. The van der Waals surface area contributed by atoms with Gasteiger partial charge in [0.25, 0.3) is 11.8 Å². The van der Waals surface area contributed by atoms with Gasteiger partial charge < -0.3 is 4.84 Å². The number of rotatable bonds is 5. The van der Waals surface area contributed by atoms with Crippen LogP contribution in [0, 0.1) is 17.8 Å². The van der Waals surface area contributed by atoms with Crippen molar-refractivity contribution in [2.45, 2.75) is 25.8 Å². The zero-order chi connectivity index (χ0) is 20.7. The molecule has 0 unspecified atom stereocenters. The van der Waals surface area contributed by atoms with Crippen molar-refractivity contribution in [2.75, 3.05) is 13.1 Å². The predicted molar refractivity (Wildman–Crippen MR) is 109 cm³/mol. The molecule has 0 bridgehead atoms. The first kappa shape index (κ1) is 19.0. The van der Waals surface area contributed by atoms with Crippen molar-refractivity contribution in [3.05, 3.63) is 71.3 Å². The van der Waals surface area contributed by atoms with E-state index in [0.717, 1.165) is 25.9 Å². The van der Waals surface area contributed by atoms with Crippen LogP contribution in [-0.4, -0.2) is 40.8 Å². The number of amides is 2. The molecule has 2 aliphatic heterocycles. The lowest BCUT2D eigenvalue weighted by molar-refractivity contribution is -0.175. The average Bonchev–Trinajstić information content (AvgIpc) is 3.22. The topological polar surface area (TPSA) is 66.9 Å². The zero-order valence-corrected chi connectivity index (χ0v) is 16.7. The first-order chi connectivity index (χ1) is 14.6. The second kappa shape index (κ2) is 7.69. The van der Waals surface area contributed by atoms with E-state index in [4.69, 9.17) is 4.84 Å². The van der Waals surface area contributed by atoms with E-state index in [1.54, 1.807) is 24.3 Å². The Morgan fingerprint density at radius 1 is 0.900 bits per heavy atom. The zero-order valence-electron chi connectivity index (χ0n) is 16.7. The molecule has 2 atom stereocenters. The van der Waals surface area contributed by atoms with Gasteiger partial charge in [-0.1, -0.05) is 66.8 Å². The molecular weight excluding hydrogens is 380 g/mol. The Balaban J connectivity index is 1.31. The molecule has 1 aliphatic carbocycles. The number of nitrogens with zero attached hydrogens (tertiary/aromatic N) is 2. The highest BCUT2D eigenvalue weighted by atomic mass is 16.7. The molecule has 2 heterocycles. The second-order valence-corrected chi connectivity index (χ2v) is 8.50. The highest BCUT2D eigenvalue weighted by Crippen LogP contribution is 2.42. The van der Waals surface area contributed by atoms with Gasteiger partial charge in [-0.25, -0.2) is 4.79 Å². The highest BCUT2D eigenvalue weighted by molar-refractivity contribution is 6.20. The summed E-state index contributed by atoms with van der Waals surface area (Å²) in [7, 11) is 0. The van der Waals surface area contributed by atoms with Gasteiger partial charge in [-0.05, 0) is 29.5 Å². The molecule has 1 saturated carbocycles. The molecule has 2 fully saturated rings. The standard InChI is InChI=1S/C24H24N2O4/c27-22-18-11-4-5-12-19(18)23(28)26(22)30-24(29)21-15-25(13-16-7-2-1-3-8-16)14-20(21)17-9-6-10-17/h1-5,7-8,11-12,17,20-21H,6,9-10,13-15H2/t20-,21+/m0/s1. The van der Waals surface area contributed by atoms with Crippen LogP contribution >= 0.6 is 0 Å². The Morgan fingerprint density at radius 2 is 1.53 bits per heavy atom. The summed E-state index contributed by atoms with van der Waals surface area (Å²) >= 11 is 0. The van der Waals surface area contributed by atoms with Gasteiger partial charge in [0.2, 0.25) is 0 Å². The fourth-order valence-electron chi connectivity index (χ4n) is 4.89. The van der Waals surface area contributed by atoms with Crippen LogP contribution in [0.5, 0.6) is 0 Å². The lowest BCUT2D eigenvalue weighted by Gasteiger charge is -2.33. The third-order valence-corrected chi connectivity index (χ3v) is 6.69. The lowest BCUT2D eigenvalue weighted by atomic mass is 9.72. The number of carbonyl (C=O) groups excluding carboxylic acids is 3. The summed E-state index contributed by atoms with van der Waals surface area (Å²) in [5.41, 5.74) is 1.77.